The Morgan fingerprint density at radius 2 is 2.04 bits per heavy atom. The van der Waals surface area contributed by atoms with E-state index in [1.807, 2.05) is 16.9 Å². The van der Waals surface area contributed by atoms with Gasteiger partial charge in [-0.1, -0.05) is 18.0 Å². The van der Waals surface area contributed by atoms with E-state index in [0.717, 1.165) is 37.3 Å². The fourth-order valence-corrected chi connectivity index (χ4v) is 3.78. The molecule has 1 aromatic carbocycles. The lowest BCUT2D eigenvalue weighted by Crippen LogP contribution is -2.28. The van der Waals surface area contributed by atoms with E-state index in [1.54, 1.807) is 12.1 Å². The molecule has 142 valence electrons. The van der Waals surface area contributed by atoms with E-state index in [0.29, 0.717) is 5.76 Å². The molecule has 0 unspecified atom stereocenters. The monoisotopic (exact) mass is 368 g/mol. The highest BCUT2D eigenvalue weighted by Gasteiger charge is 2.26. The van der Waals surface area contributed by atoms with E-state index in [-0.39, 0.29) is 11.9 Å². The van der Waals surface area contributed by atoms with Crippen molar-refractivity contribution >= 4 is 0 Å². The summed E-state index contributed by atoms with van der Waals surface area (Å²) < 4.78 is 20.7. The van der Waals surface area contributed by atoms with E-state index in [2.05, 4.69) is 28.3 Å². The predicted molar refractivity (Wildman–Crippen MR) is 101 cm³/mol. The maximum Gasteiger partial charge on any atom is 0.167 e. The highest BCUT2D eigenvalue weighted by Crippen LogP contribution is 2.33. The highest BCUT2D eigenvalue weighted by atomic mass is 19.1. The molecule has 0 saturated carbocycles. The highest BCUT2D eigenvalue weighted by molar-refractivity contribution is 5.57. The van der Waals surface area contributed by atoms with Gasteiger partial charge in [0.05, 0.1) is 12.2 Å². The largest absolute Gasteiger partial charge is 0.356 e. The zero-order valence-electron chi connectivity index (χ0n) is 15.6. The van der Waals surface area contributed by atoms with Gasteiger partial charge in [0.1, 0.15) is 11.5 Å². The summed E-state index contributed by atoms with van der Waals surface area (Å²) in [7, 11) is 0. The van der Waals surface area contributed by atoms with E-state index in [9.17, 15) is 4.39 Å². The van der Waals surface area contributed by atoms with Crippen LogP contribution >= 0.6 is 0 Å². The molecule has 27 heavy (non-hydrogen) atoms. The van der Waals surface area contributed by atoms with Gasteiger partial charge in [-0.25, -0.2) is 4.39 Å². The summed E-state index contributed by atoms with van der Waals surface area (Å²) in [5.41, 5.74) is 3.03. The first kappa shape index (κ1) is 17.9. The van der Waals surface area contributed by atoms with E-state index >= 15 is 0 Å². The van der Waals surface area contributed by atoms with Crippen LogP contribution in [-0.2, 0) is 13.1 Å². The van der Waals surface area contributed by atoms with Crippen molar-refractivity contribution in [2.45, 2.75) is 51.7 Å². The Hall–Kier alpha value is -2.47. The molecule has 1 fully saturated rings. The lowest BCUT2D eigenvalue weighted by Gasteiger charge is -2.27. The Morgan fingerprint density at radius 1 is 1.19 bits per heavy atom. The molecule has 0 aliphatic carbocycles. The van der Waals surface area contributed by atoms with Gasteiger partial charge in [0.15, 0.2) is 5.76 Å². The zero-order valence-corrected chi connectivity index (χ0v) is 15.6. The van der Waals surface area contributed by atoms with Crippen LogP contribution < -0.4 is 0 Å². The molecule has 0 radical (unpaired) electrons. The molecular weight excluding hydrogens is 343 g/mol. The van der Waals surface area contributed by atoms with Gasteiger partial charge in [-0.3, -0.25) is 9.58 Å². The molecule has 0 N–H and O–H groups in total. The number of aryl methyl sites for hydroxylation is 1. The van der Waals surface area contributed by atoms with Gasteiger partial charge >= 0.3 is 0 Å². The van der Waals surface area contributed by atoms with Gasteiger partial charge in [0, 0.05) is 36.5 Å². The van der Waals surface area contributed by atoms with Crippen molar-refractivity contribution in [1.82, 2.24) is 19.8 Å². The number of hydrogen-bond acceptors (Lipinski definition) is 4. The summed E-state index contributed by atoms with van der Waals surface area (Å²) in [5.74, 6) is 0.439. The minimum Gasteiger partial charge on any atom is -0.356 e. The molecule has 1 atom stereocenters. The minimum absolute atomic E-state index is 0.232. The zero-order chi connectivity index (χ0) is 18.6. The molecule has 1 saturated heterocycles. The minimum atomic E-state index is -0.249. The van der Waals surface area contributed by atoms with Crippen molar-refractivity contribution in [2.24, 2.45) is 0 Å². The average molecular weight is 368 g/mol. The Morgan fingerprint density at radius 3 is 2.81 bits per heavy atom. The molecule has 0 amide bonds. The number of halogens is 1. The van der Waals surface area contributed by atoms with Crippen molar-refractivity contribution in [2.75, 3.05) is 6.54 Å². The fraction of sp³-hybridized carbons (Fsp3) is 0.429. The normalized spacial score (nSPS) is 18.5. The van der Waals surface area contributed by atoms with Crippen molar-refractivity contribution < 1.29 is 8.91 Å². The number of aromatic nitrogens is 3. The first-order valence-electron chi connectivity index (χ1n) is 9.71. The Labute approximate surface area is 158 Å². The Balaban J connectivity index is 1.56. The third-order valence-electron chi connectivity index (χ3n) is 5.26. The van der Waals surface area contributed by atoms with Crippen molar-refractivity contribution in [3.8, 4) is 11.3 Å². The summed E-state index contributed by atoms with van der Waals surface area (Å²) in [6, 6.07) is 8.58. The SMILES string of the molecule is CCn1cc(CN2CCCCC[C@H]2c2cc(-c3ccc(F)cc3)on2)cn1. The number of rotatable bonds is 5. The molecule has 1 aliphatic rings. The second-order valence-corrected chi connectivity index (χ2v) is 7.16. The maximum absolute atomic E-state index is 13.2. The van der Waals surface area contributed by atoms with Crippen LogP contribution in [0.15, 0.2) is 47.2 Å². The molecule has 0 spiro atoms. The first-order chi connectivity index (χ1) is 13.2. The smallest absolute Gasteiger partial charge is 0.167 e. The van der Waals surface area contributed by atoms with Crippen LogP contribution in [0.1, 0.15) is 49.9 Å². The lowest BCUT2D eigenvalue weighted by molar-refractivity contribution is 0.184. The number of benzene rings is 1. The third kappa shape index (κ3) is 4.11. The number of likely N-dealkylation sites (tertiary alicyclic amines) is 1. The molecule has 1 aliphatic heterocycles. The number of nitrogens with zero attached hydrogens (tertiary/aromatic N) is 4. The van der Waals surface area contributed by atoms with E-state index in [4.69, 9.17) is 4.52 Å². The lowest BCUT2D eigenvalue weighted by atomic mass is 10.0. The van der Waals surface area contributed by atoms with Crippen LogP contribution in [-0.4, -0.2) is 26.4 Å². The molecule has 3 aromatic rings. The van der Waals surface area contributed by atoms with Gasteiger partial charge in [-0.2, -0.15) is 5.10 Å². The van der Waals surface area contributed by atoms with Gasteiger partial charge in [0.2, 0.25) is 0 Å². The summed E-state index contributed by atoms with van der Waals surface area (Å²) in [6.07, 6.45) is 8.77. The molecule has 2 aromatic heterocycles. The summed E-state index contributed by atoms with van der Waals surface area (Å²) in [5, 5.41) is 8.76. The van der Waals surface area contributed by atoms with Crippen LogP contribution in [0.3, 0.4) is 0 Å². The van der Waals surface area contributed by atoms with E-state index < -0.39 is 0 Å². The summed E-state index contributed by atoms with van der Waals surface area (Å²) in [4.78, 5) is 2.48. The first-order valence-corrected chi connectivity index (χ1v) is 9.71. The summed E-state index contributed by atoms with van der Waals surface area (Å²) >= 11 is 0. The van der Waals surface area contributed by atoms with Crippen molar-refractivity contribution in [3.05, 3.63) is 59.8 Å². The molecule has 4 rings (SSSR count). The predicted octanol–water partition coefficient (Wildman–Crippen LogP) is 4.81. The maximum atomic E-state index is 13.2. The van der Waals surface area contributed by atoms with Gasteiger partial charge in [0.25, 0.3) is 0 Å². The average Bonchev–Trinajstić information content (AvgIpc) is 3.29. The quantitative estimate of drug-likeness (QED) is 0.648. The Bertz CT molecular complexity index is 870. The van der Waals surface area contributed by atoms with E-state index in [1.165, 1.54) is 37.0 Å². The van der Waals surface area contributed by atoms with Gasteiger partial charge in [-0.05, 0) is 50.6 Å². The third-order valence-corrected chi connectivity index (χ3v) is 5.26. The van der Waals surface area contributed by atoms with Crippen LogP contribution in [0.5, 0.6) is 0 Å². The van der Waals surface area contributed by atoms with Gasteiger partial charge in [-0.15, -0.1) is 0 Å². The van der Waals surface area contributed by atoms with Crippen LogP contribution in [0.2, 0.25) is 0 Å². The molecular formula is C21H25FN4O. The van der Waals surface area contributed by atoms with Crippen molar-refractivity contribution in [3.63, 3.8) is 0 Å². The topological polar surface area (TPSA) is 47.1 Å². The Kier molecular flexibility index (Phi) is 5.34. The van der Waals surface area contributed by atoms with Crippen LogP contribution in [0.25, 0.3) is 11.3 Å². The van der Waals surface area contributed by atoms with Crippen molar-refractivity contribution in [1.29, 1.82) is 0 Å². The summed E-state index contributed by atoms with van der Waals surface area (Å²) in [6.45, 7) is 4.88. The molecule has 5 nitrogen and oxygen atoms in total. The van der Waals surface area contributed by atoms with Gasteiger partial charge < -0.3 is 4.52 Å². The molecule has 3 heterocycles. The second kappa shape index (κ2) is 8.05. The standard InChI is InChI=1S/C21H25FN4O/c1-2-26-15-16(13-23-26)14-25-11-5-3-4-6-20(25)19-12-21(27-24-19)17-7-9-18(22)10-8-17/h7-10,12-13,15,20H,2-6,11,14H2,1H3/t20-/m0/s1. The molecule has 6 heteroatoms. The fourth-order valence-electron chi connectivity index (χ4n) is 3.78. The second-order valence-electron chi connectivity index (χ2n) is 7.16. The van der Waals surface area contributed by atoms with Crippen LogP contribution in [0.4, 0.5) is 4.39 Å². The molecule has 0 bridgehead atoms. The van der Waals surface area contributed by atoms with Crippen LogP contribution in [0, 0.1) is 5.82 Å². The number of hydrogen-bond donors (Lipinski definition) is 0.